The number of nitrogens with two attached hydrogens (primary N) is 1. The van der Waals surface area contributed by atoms with Crippen LogP contribution < -0.4 is 5.73 Å². The molecule has 2 atom stereocenters. The number of ether oxygens (including phenoxy) is 1. The maximum atomic E-state index is 12.9. The van der Waals surface area contributed by atoms with Crippen molar-refractivity contribution < 1.29 is 9.13 Å². The van der Waals surface area contributed by atoms with Crippen molar-refractivity contribution >= 4 is 0 Å². The SMILES string of the molecule is N#CC1CN(C(CN)c2ccc(F)cc2)CCO1. The van der Waals surface area contributed by atoms with E-state index in [1.165, 1.54) is 12.1 Å². The van der Waals surface area contributed by atoms with E-state index in [4.69, 9.17) is 15.7 Å². The minimum absolute atomic E-state index is 0.00495. The molecule has 2 unspecified atom stereocenters. The van der Waals surface area contributed by atoms with Gasteiger partial charge in [-0.3, -0.25) is 4.90 Å². The minimum Gasteiger partial charge on any atom is -0.361 e. The molecule has 0 spiro atoms. The van der Waals surface area contributed by atoms with E-state index in [9.17, 15) is 4.39 Å². The van der Waals surface area contributed by atoms with Crippen LogP contribution in [0.15, 0.2) is 24.3 Å². The van der Waals surface area contributed by atoms with Gasteiger partial charge in [-0.05, 0) is 17.7 Å². The van der Waals surface area contributed by atoms with Gasteiger partial charge in [-0.1, -0.05) is 12.1 Å². The summed E-state index contributed by atoms with van der Waals surface area (Å²) in [6.45, 7) is 2.23. The van der Waals surface area contributed by atoms with Crippen LogP contribution in [0.4, 0.5) is 4.39 Å². The zero-order valence-corrected chi connectivity index (χ0v) is 10.1. The lowest BCUT2D eigenvalue weighted by atomic mass is 10.0. The lowest BCUT2D eigenvalue weighted by molar-refractivity contribution is -0.0161. The third kappa shape index (κ3) is 2.85. The van der Waals surface area contributed by atoms with Gasteiger partial charge in [0.1, 0.15) is 5.82 Å². The average molecular weight is 249 g/mol. The summed E-state index contributed by atoms with van der Waals surface area (Å²) < 4.78 is 18.2. The zero-order valence-electron chi connectivity index (χ0n) is 10.1. The molecule has 5 heteroatoms. The molecule has 2 rings (SSSR count). The van der Waals surface area contributed by atoms with Crippen LogP contribution in [-0.2, 0) is 4.74 Å². The molecule has 0 amide bonds. The van der Waals surface area contributed by atoms with E-state index in [1.807, 2.05) is 0 Å². The highest BCUT2D eigenvalue weighted by Gasteiger charge is 2.26. The second-order valence-corrected chi connectivity index (χ2v) is 4.29. The van der Waals surface area contributed by atoms with Gasteiger partial charge < -0.3 is 10.5 Å². The zero-order chi connectivity index (χ0) is 13.0. The Morgan fingerprint density at radius 1 is 1.50 bits per heavy atom. The first-order valence-electron chi connectivity index (χ1n) is 5.95. The van der Waals surface area contributed by atoms with E-state index in [2.05, 4.69) is 11.0 Å². The molecule has 1 aromatic rings. The number of benzene rings is 1. The summed E-state index contributed by atoms with van der Waals surface area (Å²) in [4.78, 5) is 2.12. The van der Waals surface area contributed by atoms with Gasteiger partial charge >= 0.3 is 0 Å². The van der Waals surface area contributed by atoms with Gasteiger partial charge in [0.25, 0.3) is 0 Å². The molecule has 1 fully saturated rings. The molecule has 0 bridgehead atoms. The average Bonchev–Trinajstić information content (AvgIpc) is 2.42. The molecule has 1 aliphatic rings. The minimum atomic E-state index is -0.409. The van der Waals surface area contributed by atoms with E-state index in [0.717, 1.165) is 12.1 Å². The molecule has 0 aliphatic carbocycles. The summed E-state index contributed by atoms with van der Waals surface area (Å²) in [5.41, 5.74) is 6.77. The molecule has 0 radical (unpaired) electrons. The predicted octanol–water partition coefficient (Wildman–Crippen LogP) is 1.05. The van der Waals surface area contributed by atoms with E-state index >= 15 is 0 Å². The predicted molar refractivity (Wildman–Crippen MR) is 65.1 cm³/mol. The number of halogens is 1. The first kappa shape index (κ1) is 13.0. The van der Waals surface area contributed by atoms with Crippen LogP contribution in [0.1, 0.15) is 11.6 Å². The molecule has 1 saturated heterocycles. The summed E-state index contributed by atoms with van der Waals surface area (Å²) in [5, 5.41) is 8.89. The number of rotatable bonds is 3. The monoisotopic (exact) mass is 249 g/mol. The standard InChI is InChI=1S/C13H16FN3O/c14-11-3-1-10(2-4-11)13(8-16)17-5-6-18-12(7-15)9-17/h1-4,12-13H,5-6,8-9,16H2. The fourth-order valence-corrected chi connectivity index (χ4v) is 2.21. The Labute approximate surface area is 106 Å². The third-order valence-electron chi connectivity index (χ3n) is 3.16. The Morgan fingerprint density at radius 3 is 2.83 bits per heavy atom. The number of hydrogen-bond acceptors (Lipinski definition) is 4. The topological polar surface area (TPSA) is 62.3 Å². The smallest absolute Gasteiger partial charge is 0.156 e. The van der Waals surface area contributed by atoms with Crippen molar-refractivity contribution in [2.24, 2.45) is 5.73 Å². The first-order chi connectivity index (χ1) is 8.74. The molecule has 1 aliphatic heterocycles. The van der Waals surface area contributed by atoms with Crippen molar-refractivity contribution in [1.82, 2.24) is 4.90 Å². The van der Waals surface area contributed by atoms with Crippen LogP contribution >= 0.6 is 0 Å². The highest BCUT2D eigenvalue weighted by atomic mass is 19.1. The Morgan fingerprint density at radius 2 is 2.22 bits per heavy atom. The van der Waals surface area contributed by atoms with Gasteiger partial charge in [0.05, 0.1) is 12.7 Å². The lowest BCUT2D eigenvalue weighted by Crippen LogP contribution is -2.45. The van der Waals surface area contributed by atoms with Crippen LogP contribution in [0.25, 0.3) is 0 Å². The second kappa shape index (κ2) is 5.91. The molecule has 1 aromatic carbocycles. The molecular formula is C13H16FN3O. The number of hydrogen-bond donors (Lipinski definition) is 1. The van der Waals surface area contributed by atoms with Crippen LogP contribution in [0.3, 0.4) is 0 Å². The second-order valence-electron chi connectivity index (χ2n) is 4.29. The van der Waals surface area contributed by atoms with Crippen LogP contribution in [-0.4, -0.2) is 37.2 Å². The van der Waals surface area contributed by atoms with E-state index in [0.29, 0.717) is 19.7 Å². The summed E-state index contributed by atoms with van der Waals surface area (Å²) in [7, 11) is 0. The van der Waals surface area contributed by atoms with Crippen LogP contribution in [0, 0.1) is 17.1 Å². The van der Waals surface area contributed by atoms with Gasteiger partial charge in [0, 0.05) is 25.7 Å². The van der Waals surface area contributed by atoms with Gasteiger partial charge in [-0.2, -0.15) is 5.26 Å². The van der Waals surface area contributed by atoms with Crippen molar-refractivity contribution in [2.75, 3.05) is 26.2 Å². The van der Waals surface area contributed by atoms with Gasteiger partial charge in [0.15, 0.2) is 6.10 Å². The van der Waals surface area contributed by atoms with E-state index in [-0.39, 0.29) is 11.9 Å². The fraction of sp³-hybridized carbons (Fsp3) is 0.462. The molecule has 0 saturated carbocycles. The van der Waals surface area contributed by atoms with Gasteiger partial charge in [-0.25, -0.2) is 4.39 Å². The Bertz CT molecular complexity index is 429. The Kier molecular flexibility index (Phi) is 4.26. The maximum absolute atomic E-state index is 12.9. The van der Waals surface area contributed by atoms with Gasteiger partial charge in [0.2, 0.25) is 0 Å². The Hall–Kier alpha value is -1.48. The van der Waals surface area contributed by atoms with Crippen LogP contribution in [0.5, 0.6) is 0 Å². The number of nitriles is 1. The lowest BCUT2D eigenvalue weighted by Gasteiger charge is -2.35. The first-order valence-corrected chi connectivity index (χ1v) is 5.95. The highest BCUT2D eigenvalue weighted by molar-refractivity contribution is 5.20. The Balaban J connectivity index is 2.13. The van der Waals surface area contributed by atoms with Crippen molar-refractivity contribution in [3.63, 3.8) is 0 Å². The molecule has 1 heterocycles. The summed E-state index contributed by atoms with van der Waals surface area (Å²) in [6, 6.07) is 8.45. The fourth-order valence-electron chi connectivity index (χ4n) is 2.21. The van der Waals surface area contributed by atoms with Crippen molar-refractivity contribution in [3.05, 3.63) is 35.6 Å². The summed E-state index contributed by atoms with van der Waals surface area (Å²) in [5.74, 6) is -0.258. The molecule has 18 heavy (non-hydrogen) atoms. The molecule has 0 aromatic heterocycles. The molecule has 4 nitrogen and oxygen atoms in total. The van der Waals surface area contributed by atoms with Crippen molar-refractivity contribution in [2.45, 2.75) is 12.1 Å². The number of morpholine rings is 1. The maximum Gasteiger partial charge on any atom is 0.156 e. The summed E-state index contributed by atoms with van der Waals surface area (Å²) >= 11 is 0. The van der Waals surface area contributed by atoms with Crippen molar-refractivity contribution in [1.29, 1.82) is 5.26 Å². The molecular weight excluding hydrogens is 233 g/mol. The quantitative estimate of drug-likeness (QED) is 0.869. The number of nitrogens with zero attached hydrogens (tertiary/aromatic N) is 2. The molecule has 2 N–H and O–H groups in total. The van der Waals surface area contributed by atoms with Crippen LogP contribution in [0.2, 0.25) is 0 Å². The van der Waals surface area contributed by atoms with Gasteiger partial charge in [-0.15, -0.1) is 0 Å². The van der Waals surface area contributed by atoms with E-state index in [1.54, 1.807) is 12.1 Å². The van der Waals surface area contributed by atoms with E-state index < -0.39 is 6.10 Å². The molecule has 96 valence electrons. The normalized spacial score (nSPS) is 22.4. The summed E-state index contributed by atoms with van der Waals surface area (Å²) in [6.07, 6.45) is -0.409. The third-order valence-corrected chi connectivity index (χ3v) is 3.16. The highest BCUT2D eigenvalue weighted by Crippen LogP contribution is 2.22. The van der Waals surface area contributed by atoms with Crippen molar-refractivity contribution in [3.8, 4) is 6.07 Å². The largest absolute Gasteiger partial charge is 0.361 e.